The zero-order valence-electron chi connectivity index (χ0n) is 8.33. The predicted molar refractivity (Wildman–Crippen MR) is 55.7 cm³/mol. The van der Waals surface area contributed by atoms with Crippen LogP contribution in [0, 0.1) is 5.92 Å². The number of ketones is 1. The van der Waals surface area contributed by atoms with Crippen molar-refractivity contribution in [3.63, 3.8) is 0 Å². The normalized spacial score (nSPS) is 12.7. The van der Waals surface area contributed by atoms with Gasteiger partial charge >= 0.3 is 0 Å². The number of carbonyl (C=O) groups is 2. The molecular formula is C9H17NO2S. The van der Waals surface area contributed by atoms with E-state index in [9.17, 15) is 9.59 Å². The Balaban J connectivity index is 3.64. The molecule has 1 unspecified atom stereocenters. The first kappa shape index (κ1) is 12.5. The second-order valence-electron chi connectivity index (χ2n) is 3.36. The fourth-order valence-electron chi connectivity index (χ4n) is 0.831. The van der Waals surface area contributed by atoms with Crippen LogP contribution < -0.4 is 5.32 Å². The highest BCUT2D eigenvalue weighted by molar-refractivity contribution is 7.80. The van der Waals surface area contributed by atoms with E-state index in [4.69, 9.17) is 0 Å². The molecule has 0 aromatic carbocycles. The van der Waals surface area contributed by atoms with Crippen LogP contribution >= 0.6 is 12.6 Å². The summed E-state index contributed by atoms with van der Waals surface area (Å²) in [6, 6.07) is 0. The van der Waals surface area contributed by atoms with E-state index < -0.39 is 0 Å². The van der Waals surface area contributed by atoms with Crippen LogP contribution in [0.15, 0.2) is 0 Å². The lowest BCUT2D eigenvalue weighted by molar-refractivity contribution is -0.126. The molecular weight excluding hydrogens is 186 g/mol. The fraction of sp³-hybridized carbons (Fsp3) is 0.778. The Kier molecular flexibility index (Phi) is 5.79. The maximum absolute atomic E-state index is 11.1. The fourth-order valence-corrected chi connectivity index (χ4v) is 0.975. The minimum Gasteiger partial charge on any atom is -0.345 e. The summed E-state index contributed by atoms with van der Waals surface area (Å²) in [5, 5.41) is 2.46. The van der Waals surface area contributed by atoms with Crippen LogP contribution in [0.2, 0.25) is 0 Å². The minimum absolute atomic E-state index is 0.0150. The molecule has 1 N–H and O–H groups in total. The monoisotopic (exact) mass is 203 g/mol. The molecule has 0 heterocycles. The van der Waals surface area contributed by atoms with E-state index in [-0.39, 0.29) is 29.4 Å². The largest absolute Gasteiger partial charge is 0.345 e. The van der Waals surface area contributed by atoms with E-state index in [0.717, 1.165) is 0 Å². The first-order valence-corrected chi connectivity index (χ1v) is 4.95. The molecule has 1 atom stereocenters. The van der Waals surface area contributed by atoms with Gasteiger partial charge in [-0.2, -0.15) is 12.6 Å². The number of Topliss-reactive ketones (excluding diaryl/α,β-unsaturated/α-hetero) is 1. The van der Waals surface area contributed by atoms with Gasteiger partial charge in [-0.05, 0) is 6.92 Å². The molecule has 1 amide bonds. The molecule has 4 heteroatoms. The summed E-state index contributed by atoms with van der Waals surface area (Å²) in [5.74, 6) is 0.0275. The number of carbonyl (C=O) groups excluding carboxylic acids is 2. The number of amides is 1. The van der Waals surface area contributed by atoms with Gasteiger partial charge in [-0.15, -0.1) is 0 Å². The van der Waals surface area contributed by atoms with E-state index in [2.05, 4.69) is 17.9 Å². The molecule has 0 saturated carbocycles. The highest BCUT2D eigenvalue weighted by Gasteiger charge is 2.10. The van der Waals surface area contributed by atoms with Gasteiger partial charge in [0, 0.05) is 18.8 Å². The molecule has 0 rings (SSSR count). The van der Waals surface area contributed by atoms with Crippen LogP contribution in [0.25, 0.3) is 0 Å². The van der Waals surface area contributed by atoms with Gasteiger partial charge in [-0.25, -0.2) is 0 Å². The molecule has 0 aliphatic rings. The Labute approximate surface area is 84.7 Å². The van der Waals surface area contributed by atoms with Gasteiger partial charge in [-0.1, -0.05) is 13.8 Å². The second-order valence-corrected chi connectivity index (χ2v) is 4.14. The van der Waals surface area contributed by atoms with E-state index >= 15 is 0 Å². The van der Waals surface area contributed by atoms with Gasteiger partial charge in [-0.3, -0.25) is 9.59 Å². The topological polar surface area (TPSA) is 46.2 Å². The lowest BCUT2D eigenvalue weighted by Gasteiger charge is -2.07. The quantitative estimate of drug-likeness (QED) is 0.524. The molecule has 0 bridgehead atoms. The van der Waals surface area contributed by atoms with Crippen molar-refractivity contribution in [1.29, 1.82) is 0 Å². The van der Waals surface area contributed by atoms with Crippen LogP contribution in [0.4, 0.5) is 0 Å². The average Bonchev–Trinajstić information content (AvgIpc) is 1.98. The molecule has 3 nitrogen and oxygen atoms in total. The van der Waals surface area contributed by atoms with Crippen LogP contribution in [-0.4, -0.2) is 17.1 Å². The lowest BCUT2D eigenvalue weighted by atomic mass is 10.0. The third-order valence-corrected chi connectivity index (χ3v) is 1.74. The highest BCUT2D eigenvalue weighted by Crippen LogP contribution is 2.02. The molecule has 0 fully saturated rings. The van der Waals surface area contributed by atoms with Crippen LogP contribution in [0.5, 0.6) is 0 Å². The van der Waals surface area contributed by atoms with Crippen LogP contribution in [0.1, 0.15) is 33.6 Å². The summed E-state index contributed by atoms with van der Waals surface area (Å²) in [7, 11) is 0. The van der Waals surface area contributed by atoms with Crippen molar-refractivity contribution in [2.45, 2.75) is 39.0 Å². The third-order valence-electron chi connectivity index (χ3n) is 1.61. The van der Waals surface area contributed by atoms with Gasteiger partial charge in [0.25, 0.3) is 0 Å². The van der Waals surface area contributed by atoms with Crippen molar-refractivity contribution in [3.05, 3.63) is 0 Å². The molecule has 0 aromatic rings. The summed E-state index contributed by atoms with van der Waals surface area (Å²) < 4.78 is 0. The maximum Gasteiger partial charge on any atom is 0.221 e. The molecule has 13 heavy (non-hydrogen) atoms. The number of hydrogen-bond acceptors (Lipinski definition) is 3. The number of rotatable bonds is 5. The van der Waals surface area contributed by atoms with E-state index in [1.807, 2.05) is 13.8 Å². The van der Waals surface area contributed by atoms with Crippen molar-refractivity contribution in [2.24, 2.45) is 5.92 Å². The lowest BCUT2D eigenvalue weighted by Crippen LogP contribution is -2.29. The molecule has 0 aliphatic carbocycles. The third kappa shape index (κ3) is 6.63. The van der Waals surface area contributed by atoms with Gasteiger partial charge in [0.05, 0.1) is 5.37 Å². The van der Waals surface area contributed by atoms with Gasteiger partial charge in [0.1, 0.15) is 5.78 Å². The van der Waals surface area contributed by atoms with Gasteiger partial charge in [0.2, 0.25) is 5.91 Å². The average molecular weight is 203 g/mol. The SMILES string of the molecule is CC(S)NC(=O)CCC(=O)C(C)C. The van der Waals surface area contributed by atoms with Crippen molar-refractivity contribution in [2.75, 3.05) is 0 Å². The van der Waals surface area contributed by atoms with E-state index in [0.29, 0.717) is 6.42 Å². The molecule has 0 spiro atoms. The van der Waals surface area contributed by atoms with E-state index in [1.165, 1.54) is 0 Å². The number of nitrogens with one attached hydrogen (secondary N) is 1. The Hall–Kier alpha value is -0.510. The standard InChI is InChI=1S/C9H17NO2S/c1-6(2)8(11)4-5-9(12)10-7(3)13/h6-7,13H,4-5H2,1-3H3,(H,10,12). The maximum atomic E-state index is 11.1. The van der Waals surface area contributed by atoms with Crippen molar-refractivity contribution < 1.29 is 9.59 Å². The Morgan fingerprint density at radius 3 is 2.15 bits per heavy atom. The molecule has 76 valence electrons. The first-order valence-electron chi connectivity index (χ1n) is 4.43. The molecule has 0 radical (unpaired) electrons. The van der Waals surface area contributed by atoms with Gasteiger partial charge < -0.3 is 5.32 Å². The van der Waals surface area contributed by atoms with Crippen molar-refractivity contribution >= 4 is 24.3 Å². The number of thiol groups is 1. The summed E-state index contributed by atoms with van der Waals surface area (Å²) in [6.45, 7) is 5.44. The van der Waals surface area contributed by atoms with Crippen molar-refractivity contribution in [3.8, 4) is 0 Å². The zero-order chi connectivity index (χ0) is 10.4. The smallest absolute Gasteiger partial charge is 0.221 e. The van der Waals surface area contributed by atoms with Gasteiger partial charge in [0.15, 0.2) is 0 Å². The number of hydrogen-bond donors (Lipinski definition) is 2. The summed E-state index contributed by atoms with van der Waals surface area (Å²) in [6.07, 6.45) is 0.589. The summed E-state index contributed by atoms with van der Waals surface area (Å²) >= 11 is 4.01. The first-order chi connectivity index (χ1) is 5.93. The van der Waals surface area contributed by atoms with Crippen LogP contribution in [-0.2, 0) is 9.59 Å². The van der Waals surface area contributed by atoms with Crippen LogP contribution in [0.3, 0.4) is 0 Å². The Bertz CT molecular complexity index is 190. The predicted octanol–water partition coefficient (Wildman–Crippen LogP) is 1.38. The summed E-state index contributed by atoms with van der Waals surface area (Å²) in [4.78, 5) is 22.2. The Morgan fingerprint density at radius 2 is 1.77 bits per heavy atom. The van der Waals surface area contributed by atoms with Crippen molar-refractivity contribution in [1.82, 2.24) is 5.32 Å². The molecule has 0 aliphatic heterocycles. The highest BCUT2D eigenvalue weighted by atomic mass is 32.1. The summed E-state index contributed by atoms with van der Waals surface area (Å²) in [5.41, 5.74) is 0. The van der Waals surface area contributed by atoms with E-state index in [1.54, 1.807) is 6.92 Å². The minimum atomic E-state index is -0.151. The second kappa shape index (κ2) is 6.02. The molecule has 0 saturated heterocycles. The Morgan fingerprint density at radius 1 is 1.23 bits per heavy atom. The zero-order valence-corrected chi connectivity index (χ0v) is 9.23. The molecule has 0 aromatic heterocycles.